The summed E-state index contributed by atoms with van der Waals surface area (Å²) in [6.45, 7) is 1.76. The lowest BCUT2D eigenvalue weighted by molar-refractivity contribution is -0.182. The molecule has 3 nitrogen and oxygen atoms in total. The van der Waals surface area contributed by atoms with E-state index < -0.39 is 24.0 Å². The summed E-state index contributed by atoms with van der Waals surface area (Å²) in [6, 6.07) is -0.399. The molecule has 2 unspecified atom stereocenters. The Balaban J connectivity index is 2.07. The van der Waals surface area contributed by atoms with Crippen molar-refractivity contribution in [2.45, 2.75) is 51.2 Å². The minimum absolute atomic E-state index is 0.00433. The second kappa shape index (κ2) is 5.93. The van der Waals surface area contributed by atoms with Crippen LogP contribution in [0.1, 0.15) is 38.3 Å². The predicted octanol–water partition coefficient (Wildman–Crippen LogP) is 3.71. The van der Waals surface area contributed by atoms with Gasteiger partial charge in [0.1, 0.15) is 6.33 Å². The summed E-state index contributed by atoms with van der Waals surface area (Å²) in [7, 11) is 0. The predicted molar refractivity (Wildman–Crippen MR) is 66.8 cm³/mol. The summed E-state index contributed by atoms with van der Waals surface area (Å²) in [5.74, 6) is -1.88. The highest BCUT2D eigenvalue weighted by atomic mass is 19.4. The maximum atomic E-state index is 13.9. The van der Waals surface area contributed by atoms with E-state index in [2.05, 4.69) is 15.3 Å². The third-order valence-corrected chi connectivity index (χ3v) is 3.67. The van der Waals surface area contributed by atoms with Gasteiger partial charge in [-0.3, -0.25) is 0 Å². The molecule has 0 saturated heterocycles. The largest absolute Gasteiger partial charge is 0.391 e. The topological polar surface area (TPSA) is 37.8 Å². The number of hydrogen-bond acceptors (Lipinski definition) is 3. The number of halogens is 4. The fourth-order valence-corrected chi connectivity index (χ4v) is 2.56. The van der Waals surface area contributed by atoms with Crippen molar-refractivity contribution in [1.29, 1.82) is 0 Å². The lowest BCUT2D eigenvalue weighted by atomic mass is 9.85. The van der Waals surface area contributed by atoms with Crippen LogP contribution in [0.5, 0.6) is 0 Å². The van der Waals surface area contributed by atoms with Gasteiger partial charge in [-0.1, -0.05) is 13.3 Å². The van der Waals surface area contributed by atoms with Crippen LogP contribution in [0.2, 0.25) is 0 Å². The van der Waals surface area contributed by atoms with Gasteiger partial charge in [-0.25, -0.2) is 14.4 Å². The van der Waals surface area contributed by atoms with Crippen molar-refractivity contribution < 1.29 is 17.6 Å². The number of alkyl halides is 3. The number of hydrogen-bond donors (Lipinski definition) is 1. The molecule has 1 heterocycles. The van der Waals surface area contributed by atoms with Crippen LogP contribution in [-0.4, -0.2) is 22.2 Å². The molecular weight excluding hydrogens is 274 g/mol. The first-order valence-corrected chi connectivity index (χ1v) is 6.74. The third-order valence-electron chi connectivity index (χ3n) is 3.67. The summed E-state index contributed by atoms with van der Waals surface area (Å²) in [5, 5.41) is 2.80. The van der Waals surface area contributed by atoms with E-state index in [1.807, 2.05) is 0 Å². The van der Waals surface area contributed by atoms with Gasteiger partial charge < -0.3 is 5.32 Å². The Morgan fingerprint density at radius 1 is 1.30 bits per heavy atom. The van der Waals surface area contributed by atoms with Gasteiger partial charge in [-0.05, 0) is 25.7 Å². The van der Waals surface area contributed by atoms with Gasteiger partial charge >= 0.3 is 6.18 Å². The summed E-state index contributed by atoms with van der Waals surface area (Å²) in [4.78, 5) is 7.59. The van der Waals surface area contributed by atoms with Crippen LogP contribution in [-0.2, 0) is 6.42 Å². The van der Waals surface area contributed by atoms with E-state index in [0.717, 1.165) is 0 Å². The van der Waals surface area contributed by atoms with Crippen LogP contribution in [0.25, 0.3) is 0 Å². The van der Waals surface area contributed by atoms with Crippen molar-refractivity contribution in [3.8, 4) is 0 Å². The Kier molecular flexibility index (Phi) is 4.45. The van der Waals surface area contributed by atoms with Gasteiger partial charge in [0.15, 0.2) is 11.6 Å². The monoisotopic (exact) mass is 291 g/mol. The van der Waals surface area contributed by atoms with Crippen molar-refractivity contribution in [3.05, 3.63) is 17.8 Å². The maximum absolute atomic E-state index is 13.9. The molecule has 1 aliphatic rings. The maximum Gasteiger partial charge on any atom is 0.391 e. The van der Waals surface area contributed by atoms with Crippen LogP contribution in [0.3, 0.4) is 0 Å². The highest BCUT2D eigenvalue weighted by Crippen LogP contribution is 2.38. The number of nitrogens with zero attached hydrogens (tertiary/aromatic N) is 2. The van der Waals surface area contributed by atoms with E-state index in [0.29, 0.717) is 19.3 Å². The highest BCUT2D eigenvalue weighted by molar-refractivity contribution is 5.38. The summed E-state index contributed by atoms with van der Waals surface area (Å²) < 4.78 is 52.1. The second-order valence-electron chi connectivity index (χ2n) is 5.08. The Morgan fingerprint density at radius 3 is 2.70 bits per heavy atom. The van der Waals surface area contributed by atoms with Gasteiger partial charge in [0, 0.05) is 6.04 Å². The molecule has 1 aromatic heterocycles. The molecule has 0 radical (unpaired) electrons. The van der Waals surface area contributed by atoms with Crippen molar-refractivity contribution >= 4 is 5.82 Å². The van der Waals surface area contributed by atoms with E-state index in [1.165, 1.54) is 6.33 Å². The van der Waals surface area contributed by atoms with Crippen LogP contribution in [0.15, 0.2) is 6.33 Å². The quantitative estimate of drug-likeness (QED) is 0.863. The number of nitrogens with one attached hydrogen (secondary N) is 1. The molecule has 0 spiro atoms. The highest BCUT2D eigenvalue weighted by Gasteiger charge is 2.42. The first kappa shape index (κ1) is 15.0. The van der Waals surface area contributed by atoms with Gasteiger partial charge in [0.25, 0.3) is 0 Å². The molecule has 2 rings (SSSR count). The molecule has 0 amide bonds. The normalized spacial score (nSPS) is 23.6. The molecule has 20 heavy (non-hydrogen) atoms. The molecular formula is C13H17F4N3. The number of rotatable bonds is 3. The SMILES string of the molecule is CCc1ncnc(NC2CCCC(C(F)(F)F)C2)c1F. The molecule has 1 N–H and O–H groups in total. The number of anilines is 1. The van der Waals surface area contributed by atoms with Crippen LogP contribution in [0.4, 0.5) is 23.4 Å². The number of aromatic nitrogens is 2. The molecule has 0 aromatic carbocycles. The molecule has 1 saturated carbocycles. The lowest BCUT2D eigenvalue weighted by Crippen LogP contribution is -2.35. The first-order chi connectivity index (χ1) is 9.41. The van der Waals surface area contributed by atoms with E-state index in [-0.39, 0.29) is 24.4 Å². The molecule has 0 aliphatic heterocycles. The standard InChI is InChI=1S/C13H17F4N3/c1-2-10-11(14)12(19-7-18-10)20-9-5-3-4-8(6-9)13(15,16)17/h7-9H,2-6H2,1H3,(H,18,19,20). The first-order valence-electron chi connectivity index (χ1n) is 6.74. The Hall–Kier alpha value is -1.40. The van der Waals surface area contributed by atoms with E-state index in [1.54, 1.807) is 6.92 Å². The molecule has 1 fully saturated rings. The zero-order valence-electron chi connectivity index (χ0n) is 11.2. The van der Waals surface area contributed by atoms with E-state index in [9.17, 15) is 17.6 Å². The van der Waals surface area contributed by atoms with Gasteiger partial charge in [0.2, 0.25) is 0 Å². The van der Waals surface area contributed by atoms with Gasteiger partial charge in [0.05, 0.1) is 11.6 Å². The van der Waals surface area contributed by atoms with Crippen molar-refractivity contribution in [1.82, 2.24) is 9.97 Å². The lowest BCUT2D eigenvalue weighted by Gasteiger charge is -2.31. The van der Waals surface area contributed by atoms with E-state index in [4.69, 9.17) is 0 Å². The van der Waals surface area contributed by atoms with Crippen molar-refractivity contribution in [2.24, 2.45) is 5.92 Å². The van der Waals surface area contributed by atoms with Gasteiger partial charge in [-0.2, -0.15) is 13.2 Å². The Labute approximate surface area is 114 Å². The summed E-state index contributed by atoms with van der Waals surface area (Å²) in [5.41, 5.74) is 0.269. The minimum Gasteiger partial charge on any atom is -0.365 e. The molecule has 1 aliphatic carbocycles. The van der Waals surface area contributed by atoms with Crippen molar-refractivity contribution in [3.63, 3.8) is 0 Å². The number of aryl methyl sites for hydroxylation is 1. The zero-order chi connectivity index (χ0) is 14.8. The molecule has 0 bridgehead atoms. The van der Waals surface area contributed by atoms with Gasteiger partial charge in [-0.15, -0.1) is 0 Å². The van der Waals surface area contributed by atoms with Crippen molar-refractivity contribution in [2.75, 3.05) is 5.32 Å². The fourth-order valence-electron chi connectivity index (χ4n) is 2.56. The minimum atomic E-state index is -4.18. The Morgan fingerprint density at radius 2 is 2.05 bits per heavy atom. The molecule has 112 valence electrons. The molecule has 1 aromatic rings. The Bertz CT molecular complexity index is 461. The van der Waals surface area contributed by atoms with Crippen LogP contribution >= 0.6 is 0 Å². The zero-order valence-corrected chi connectivity index (χ0v) is 11.2. The smallest absolute Gasteiger partial charge is 0.365 e. The van der Waals surface area contributed by atoms with E-state index >= 15 is 0 Å². The van der Waals surface area contributed by atoms with Crippen LogP contribution in [0, 0.1) is 11.7 Å². The second-order valence-corrected chi connectivity index (χ2v) is 5.08. The summed E-state index contributed by atoms with van der Waals surface area (Å²) in [6.07, 6.45) is -1.35. The average molecular weight is 291 g/mol. The average Bonchev–Trinajstić information content (AvgIpc) is 2.40. The van der Waals surface area contributed by atoms with Crippen LogP contribution < -0.4 is 5.32 Å². The molecule has 7 heteroatoms. The summed E-state index contributed by atoms with van der Waals surface area (Å²) >= 11 is 0. The third kappa shape index (κ3) is 3.37. The fraction of sp³-hybridized carbons (Fsp3) is 0.692. The molecule has 2 atom stereocenters.